The van der Waals surface area contributed by atoms with E-state index < -0.39 is 5.60 Å². The minimum atomic E-state index is -0.988. The molecular weight excluding hydrogens is 320 g/mol. The van der Waals surface area contributed by atoms with Crippen LogP contribution in [0.1, 0.15) is 29.0 Å². The van der Waals surface area contributed by atoms with Crippen molar-refractivity contribution in [2.45, 2.75) is 24.9 Å². The Morgan fingerprint density at radius 2 is 2.28 bits per heavy atom. The highest BCUT2D eigenvalue weighted by Gasteiger charge is 2.37. The van der Waals surface area contributed by atoms with Crippen molar-refractivity contribution in [3.63, 3.8) is 0 Å². The average Bonchev–Trinajstić information content (AvgIpc) is 3.20. The van der Waals surface area contributed by atoms with Crippen LogP contribution in [-0.4, -0.2) is 59.0 Å². The van der Waals surface area contributed by atoms with Gasteiger partial charge in [0.25, 0.3) is 5.91 Å². The van der Waals surface area contributed by atoms with E-state index in [1.54, 1.807) is 26.5 Å². The van der Waals surface area contributed by atoms with Crippen LogP contribution in [0.3, 0.4) is 0 Å². The Balaban J connectivity index is 1.56. The van der Waals surface area contributed by atoms with Crippen LogP contribution >= 0.6 is 0 Å². The summed E-state index contributed by atoms with van der Waals surface area (Å²) in [5.74, 6) is 0.616. The number of rotatable bonds is 3. The summed E-state index contributed by atoms with van der Waals surface area (Å²) in [6.45, 7) is 0.910. The van der Waals surface area contributed by atoms with Crippen molar-refractivity contribution in [1.82, 2.24) is 29.3 Å². The second-order valence-electron chi connectivity index (χ2n) is 6.68. The Hall–Kier alpha value is -2.74. The van der Waals surface area contributed by atoms with Gasteiger partial charge in [-0.2, -0.15) is 5.10 Å². The zero-order chi connectivity index (χ0) is 17.4. The molecule has 0 aromatic carbocycles. The van der Waals surface area contributed by atoms with E-state index in [0.29, 0.717) is 30.8 Å². The highest BCUT2D eigenvalue weighted by Crippen LogP contribution is 2.26. The predicted molar refractivity (Wildman–Crippen MR) is 90.0 cm³/mol. The lowest BCUT2D eigenvalue weighted by atomic mass is 9.89. The lowest BCUT2D eigenvalue weighted by Crippen LogP contribution is -2.51. The first-order valence-electron chi connectivity index (χ1n) is 8.33. The van der Waals surface area contributed by atoms with E-state index in [1.807, 2.05) is 31.4 Å². The van der Waals surface area contributed by atoms with Crippen LogP contribution in [0.5, 0.6) is 0 Å². The number of likely N-dealkylation sites (tertiary alicyclic amines) is 1. The van der Waals surface area contributed by atoms with Crippen molar-refractivity contribution in [2.24, 2.45) is 7.05 Å². The van der Waals surface area contributed by atoms with Crippen molar-refractivity contribution in [3.8, 4) is 0 Å². The van der Waals surface area contributed by atoms with Crippen LogP contribution in [0.4, 0.5) is 0 Å². The van der Waals surface area contributed by atoms with Crippen LogP contribution in [0.15, 0.2) is 36.9 Å². The van der Waals surface area contributed by atoms with Gasteiger partial charge in [0, 0.05) is 26.2 Å². The fourth-order valence-electron chi connectivity index (χ4n) is 3.46. The molecule has 0 bridgehead atoms. The molecule has 130 valence electrons. The number of hydrogen-bond donors (Lipinski definition) is 1. The van der Waals surface area contributed by atoms with E-state index in [-0.39, 0.29) is 12.5 Å². The zero-order valence-corrected chi connectivity index (χ0v) is 14.0. The Labute approximate surface area is 144 Å². The van der Waals surface area contributed by atoms with Gasteiger partial charge in [-0.1, -0.05) is 6.07 Å². The molecule has 1 aliphatic rings. The second kappa shape index (κ2) is 5.96. The minimum Gasteiger partial charge on any atom is -0.388 e. The smallest absolute Gasteiger partial charge is 0.257 e. The summed E-state index contributed by atoms with van der Waals surface area (Å²) in [6, 6.07) is 5.62. The van der Waals surface area contributed by atoms with Crippen LogP contribution in [0.25, 0.3) is 5.52 Å². The molecule has 1 fully saturated rings. The fraction of sp³-hybridized carbons (Fsp3) is 0.412. The number of carbonyl (C=O) groups excluding carboxylic acids is 1. The van der Waals surface area contributed by atoms with Crippen molar-refractivity contribution < 1.29 is 9.90 Å². The molecule has 8 nitrogen and oxygen atoms in total. The number of hydrogen-bond acceptors (Lipinski definition) is 5. The molecule has 4 rings (SSSR count). The number of pyridine rings is 1. The minimum absolute atomic E-state index is 0.0997. The lowest BCUT2D eigenvalue weighted by molar-refractivity contribution is -0.0257. The summed E-state index contributed by atoms with van der Waals surface area (Å²) in [7, 11) is 1.85. The standard InChI is InChI=1S/C17H20N6O2/c1-21-12-18-20-15(21)9-17(25)6-4-7-22(11-17)16(24)13-10-19-23-8-3-2-5-14(13)23/h2-3,5,8,10,12,25H,4,6-7,9,11H2,1H3. The summed E-state index contributed by atoms with van der Waals surface area (Å²) < 4.78 is 3.48. The van der Waals surface area contributed by atoms with E-state index in [4.69, 9.17) is 0 Å². The topological polar surface area (TPSA) is 88.5 Å². The molecule has 0 saturated carbocycles. The zero-order valence-electron chi connectivity index (χ0n) is 14.0. The molecule has 3 aromatic heterocycles. The summed E-state index contributed by atoms with van der Waals surface area (Å²) in [5, 5.41) is 23.1. The third kappa shape index (κ3) is 2.89. The molecule has 0 aliphatic carbocycles. The summed E-state index contributed by atoms with van der Waals surface area (Å²) in [5.41, 5.74) is 0.343. The number of aryl methyl sites for hydroxylation is 1. The number of piperidine rings is 1. The van der Waals surface area contributed by atoms with Gasteiger partial charge in [-0.05, 0) is 25.0 Å². The molecule has 1 aliphatic heterocycles. The third-order valence-corrected chi connectivity index (χ3v) is 4.79. The largest absolute Gasteiger partial charge is 0.388 e. The average molecular weight is 340 g/mol. The molecule has 8 heteroatoms. The molecule has 1 unspecified atom stereocenters. The van der Waals surface area contributed by atoms with Crippen molar-refractivity contribution >= 4 is 11.4 Å². The first-order valence-corrected chi connectivity index (χ1v) is 8.33. The molecule has 1 atom stereocenters. The molecule has 4 heterocycles. The molecular formula is C17H20N6O2. The number of fused-ring (bicyclic) bond motifs is 1. The quantitative estimate of drug-likeness (QED) is 0.757. The Kier molecular flexibility index (Phi) is 3.76. The van der Waals surface area contributed by atoms with Crippen LogP contribution in [0.2, 0.25) is 0 Å². The van der Waals surface area contributed by atoms with E-state index in [9.17, 15) is 9.90 Å². The summed E-state index contributed by atoms with van der Waals surface area (Å²) >= 11 is 0. The summed E-state index contributed by atoms with van der Waals surface area (Å²) in [4.78, 5) is 14.7. The van der Waals surface area contributed by atoms with Gasteiger partial charge < -0.3 is 14.6 Å². The van der Waals surface area contributed by atoms with Gasteiger partial charge >= 0.3 is 0 Å². The molecule has 1 N–H and O–H groups in total. The third-order valence-electron chi connectivity index (χ3n) is 4.79. The number of β-amino-alcohol motifs (C(OH)–C–C–N with tert-alkyl or cyclic N) is 1. The van der Waals surface area contributed by atoms with Gasteiger partial charge in [0.1, 0.15) is 12.2 Å². The Morgan fingerprint density at radius 3 is 3.08 bits per heavy atom. The first kappa shape index (κ1) is 15.8. The number of amides is 1. The summed E-state index contributed by atoms with van der Waals surface area (Å²) in [6.07, 6.45) is 6.78. The maximum absolute atomic E-state index is 13.0. The highest BCUT2D eigenvalue weighted by atomic mass is 16.3. The van der Waals surface area contributed by atoms with Crippen molar-refractivity contribution in [1.29, 1.82) is 0 Å². The van der Waals surface area contributed by atoms with Crippen LogP contribution in [0, 0.1) is 0 Å². The number of aromatic nitrogens is 5. The molecule has 1 amide bonds. The Morgan fingerprint density at radius 1 is 1.40 bits per heavy atom. The molecule has 1 saturated heterocycles. The number of aliphatic hydroxyl groups is 1. The molecule has 0 radical (unpaired) electrons. The van der Waals surface area contributed by atoms with Gasteiger partial charge in [0.05, 0.1) is 29.4 Å². The monoisotopic (exact) mass is 340 g/mol. The maximum Gasteiger partial charge on any atom is 0.257 e. The SMILES string of the molecule is Cn1cnnc1CC1(O)CCCN(C(=O)c2cnn3ccccc23)C1. The van der Waals surface area contributed by atoms with E-state index >= 15 is 0 Å². The highest BCUT2D eigenvalue weighted by molar-refractivity contribution is 6.00. The molecule has 0 spiro atoms. The van der Waals surface area contributed by atoms with Crippen molar-refractivity contribution in [2.75, 3.05) is 13.1 Å². The van der Waals surface area contributed by atoms with E-state index in [0.717, 1.165) is 11.9 Å². The van der Waals surface area contributed by atoms with E-state index in [2.05, 4.69) is 15.3 Å². The van der Waals surface area contributed by atoms with Gasteiger partial charge in [0.15, 0.2) is 0 Å². The van der Waals surface area contributed by atoms with Gasteiger partial charge in [-0.15, -0.1) is 10.2 Å². The molecule has 25 heavy (non-hydrogen) atoms. The van der Waals surface area contributed by atoms with Crippen LogP contribution in [-0.2, 0) is 13.5 Å². The van der Waals surface area contributed by atoms with E-state index in [1.165, 1.54) is 0 Å². The predicted octanol–water partition coefficient (Wildman–Crippen LogP) is 0.673. The van der Waals surface area contributed by atoms with Gasteiger partial charge in [-0.3, -0.25) is 4.79 Å². The van der Waals surface area contributed by atoms with Crippen LogP contribution < -0.4 is 0 Å². The van der Waals surface area contributed by atoms with Gasteiger partial charge in [-0.25, -0.2) is 4.52 Å². The second-order valence-corrected chi connectivity index (χ2v) is 6.68. The lowest BCUT2D eigenvalue weighted by Gasteiger charge is -2.39. The van der Waals surface area contributed by atoms with Gasteiger partial charge in [0.2, 0.25) is 0 Å². The van der Waals surface area contributed by atoms with Crippen molar-refractivity contribution in [3.05, 3.63) is 48.3 Å². The Bertz CT molecular complexity index is 917. The number of carbonyl (C=O) groups is 1. The normalized spacial score (nSPS) is 21.0. The first-order chi connectivity index (χ1) is 12.1. The fourth-order valence-corrected chi connectivity index (χ4v) is 3.46. The maximum atomic E-state index is 13.0. The molecule has 3 aromatic rings. The number of nitrogens with zero attached hydrogens (tertiary/aromatic N) is 6.